The number of allylic oxidation sites excluding steroid dienone is 1. The van der Waals surface area contributed by atoms with E-state index in [0.717, 1.165) is 71.5 Å². The Balaban J connectivity index is 1.40. The molecule has 1 saturated heterocycles. The lowest BCUT2D eigenvalue weighted by Crippen LogP contribution is -2.43. The Morgan fingerprint density at radius 3 is 2.62 bits per heavy atom. The SMILES string of the molecule is COc1c(/C(C)=C/C(=O)NC2CCN(Cc3ccccc3)CC2)cc2c(C)coc2c1C. The molecule has 5 nitrogen and oxygen atoms in total. The monoisotopic (exact) mass is 432 g/mol. The van der Waals surface area contributed by atoms with Crippen molar-refractivity contribution < 1.29 is 13.9 Å². The zero-order valence-corrected chi connectivity index (χ0v) is 19.4. The van der Waals surface area contributed by atoms with Crippen molar-refractivity contribution in [3.05, 3.63) is 71.0 Å². The number of fused-ring (bicyclic) bond motifs is 1. The van der Waals surface area contributed by atoms with Crippen molar-refractivity contribution in [1.29, 1.82) is 0 Å². The fourth-order valence-electron chi connectivity index (χ4n) is 4.59. The molecule has 32 heavy (non-hydrogen) atoms. The predicted octanol–water partition coefficient (Wildman–Crippen LogP) is 5.24. The van der Waals surface area contributed by atoms with Crippen LogP contribution in [0.4, 0.5) is 0 Å². The fraction of sp³-hybridized carbons (Fsp3) is 0.370. The molecule has 1 fully saturated rings. The van der Waals surface area contributed by atoms with E-state index in [4.69, 9.17) is 9.15 Å². The summed E-state index contributed by atoms with van der Waals surface area (Å²) in [5.41, 5.74) is 6.00. The topological polar surface area (TPSA) is 54.7 Å². The summed E-state index contributed by atoms with van der Waals surface area (Å²) in [6, 6.07) is 12.8. The molecule has 1 aromatic heterocycles. The molecule has 168 valence electrons. The Hall–Kier alpha value is -3.05. The van der Waals surface area contributed by atoms with Crippen LogP contribution in [0.3, 0.4) is 0 Å². The molecule has 0 aliphatic carbocycles. The molecule has 2 heterocycles. The molecule has 0 unspecified atom stereocenters. The number of aryl methyl sites for hydroxylation is 2. The van der Waals surface area contributed by atoms with Crippen LogP contribution in [0, 0.1) is 13.8 Å². The third-order valence-electron chi connectivity index (χ3n) is 6.40. The van der Waals surface area contributed by atoms with Gasteiger partial charge in [0.2, 0.25) is 5.91 Å². The molecule has 0 spiro atoms. The number of ether oxygens (including phenoxy) is 1. The number of likely N-dealkylation sites (tertiary alicyclic amines) is 1. The van der Waals surface area contributed by atoms with E-state index in [1.165, 1.54) is 5.56 Å². The Bertz CT molecular complexity index is 1120. The number of nitrogens with one attached hydrogen (secondary N) is 1. The minimum Gasteiger partial charge on any atom is -0.496 e. The van der Waals surface area contributed by atoms with Crippen LogP contribution in [-0.2, 0) is 11.3 Å². The second kappa shape index (κ2) is 9.61. The first-order valence-corrected chi connectivity index (χ1v) is 11.3. The van der Waals surface area contributed by atoms with Crippen molar-refractivity contribution in [3.63, 3.8) is 0 Å². The summed E-state index contributed by atoms with van der Waals surface area (Å²) in [5.74, 6) is 0.704. The van der Waals surface area contributed by atoms with Gasteiger partial charge in [-0.2, -0.15) is 0 Å². The minimum absolute atomic E-state index is 0.0484. The highest BCUT2D eigenvalue weighted by Gasteiger charge is 2.21. The molecule has 1 aliphatic rings. The lowest BCUT2D eigenvalue weighted by Gasteiger charge is -2.32. The van der Waals surface area contributed by atoms with E-state index in [0.29, 0.717) is 0 Å². The maximum Gasteiger partial charge on any atom is 0.244 e. The Kier molecular flexibility index (Phi) is 6.66. The van der Waals surface area contributed by atoms with Gasteiger partial charge in [0.15, 0.2) is 0 Å². The lowest BCUT2D eigenvalue weighted by atomic mass is 9.98. The van der Waals surface area contributed by atoms with Crippen LogP contribution in [0.5, 0.6) is 5.75 Å². The molecule has 3 aromatic rings. The van der Waals surface area contributed by atoms with Crippen molar-refractivity contribution in [2.75, 3.05) is 20.2 Å². The van der Waals surface area contributed by atoms with Crippen molar-refractivity contribution >= 4 is 22.4 Å². The molecule has 1 amide bonds. The first kappa shape index (κ1) is 22.2. The average Bonchev–Trinajstić information content (AvgIpc) is 3.16. The van der Waals surface area contributed by atoms with Gasteiger partial charge in [-0.3, -0.25) is 9.69 Å². The van der Waals surface area contributed by atoms with Crippen LogP contribution in [-0.4, -0.2) is 37.0 Å². The zero-order chi connectivity index (χ0) is 22.7. The summed E-state index contributed by atoms with van der Waals surface area (Å²) in [7, 11) is 1.66. The molecule has 4 rings (SSSR count). The second-order valence-corrected chi connectivity index (χ2v) is 8.75. The number of hydrogen-bond donors (Lipinski definition) is 1. The van der Waals surface area contributed by atoms with Crippen molar-refractivity contribution in [2.24, 2.45) is 0 Å². The number of benzene rings is 2. The van der Waals surface area contributed by atoms with E-state index in [9.17, 15) is 4.79 Å². The van der Waals surface area contributed by atoms with Gasteiger partial charge in [0.25, 0.3) is 0 Å². The first-order valence-electron chi connectivity index (χ1n) is 11.3. The lowest BCUT2D eigenvalue weighted by molar-refractivity contribution is -0.117. The molecule has 2 aromatic carbocycles. The van der Waals surface area contributed by atoms with Crippen molar-refractivity contribution in [3.8, 4) is 5.75 Å². The van der Waals surface area contributed by atoms with E-state index in [2.05, 4.69) is 40.5 Å². The van der Waals surface area contributed by atoms with Gasteiger partial charge >= 0.3 is 0 Å². The van der Waals surface area contributed by atoms with E-state index in [1.54, 1.807) is 19.4 Å². The number of piperidine rings is 1. The fourth-order valence-corrected chi connectivity index (χ4v) is 4.59. The molecule has 0 saturated carbocycles. The third kappa shape index (κ3) is 4.73. The first-order chi connectivity index (χ1) is 15.5. The second-order valence-electron chi connectivity index (χ2n) is 8.75. The number of furan rings is 1. The van der Waals surface area contributed by atoms with Crippen LogP contribution < -0.4 is 10.1 Å². The molecular weight excluding hydrogens is 400 g/mol. The van der Waals surface area contributed by atoms with Crippen LogP contribution in [0.1, 0.15) is 42.0 Å². The summed E-state index contributed by atoms with van der Waals surface area (Å²) >= 11 is 0. The van der Waals surface area contributed by atoms with Gasteiger partial charge in [-0.15, -0.1) is 0 Å². The van der Waals surface area contributed by atoms with Gasteiger partial charge < -0.3 is 14.5 Å². The maximum atomic E-state index is 12.8. The molecule has 0 bridgehead atoms. The summed E-state index contributed by atoms with van der Waals surface area (Å²) in [4.78, 5) is 15.2. The van der Waals surface area contributed by atoms with E-state index >= 15 is 0 Å². The van der Waals surface area contributed by atoms with Crippen LogP contribution in [0.2, 0.25) is 0 Å². The smallest absolute Gasteiger partial charge is 0.244 e. The Morgan fingerprint density at radius 2 is 1.94 bits per heavy atom. The van der Waals surface area contributed by atoms with Crippen LogP contribution in [0.15, 0.2) is 53.2 Å². The molecule has 0 radical (unpaired) electrons. The van der Waals surface area contributed by atoms with Gasteiger partial charge in [0.1, 0.15) is 11.3 Å². The number of carbonyl (C=O) groups excluding carboxylic acids is 1. The quantitative estimate of drug-likeness (QED) is 0.541. The summed E-state index contributed by atoms with van der Waals surface area (Å²) < 4.78 is 11.4. The van der Waals surface area contributed by atoms with E-state index in [1.807, 2.05) is 26.8 Å². The van der Waals surface area contributed by atoms with Gasteiger partial charge in [0.05, 0.1) is 13.4 Å². The minimum atomic E-state index is -0.0484. The largest absolute Gasteiger partial charge is 0.496 e. The zero-order valence-electron chi connectivity index (χ0n) is 19.4. The van der Waals surface area contributed by atoms with Crippen molar-refractivity contribution in [2.45, 2.75) is 46.2 Å². The molecule has 1 aliphatic heterocycles. The molecule has 5 heteroatoms. The summed E-state index contributed by atoms with van der Waals surface area (Å²) in [6.45, 7) is 8.93. The number of methoxy groups -OCH3 is 1. The van der Waals surface area contributed by atoms with E-state index in [-0.39, 0.29) is 11.9 Å². The highest BCUT2D eigenvalue weighted by molar-refractivity contribution is 5.98. The third-order valence-corrected chi connectivity index (χ3v) is 6.40. The van der Waals surface area contributed by atoms with Crippen molar-refractivity contribution in [1.82, 2.24) is 10.2 Å². The van der Waals surface area contributed by atoms with Gasteiger partial charge in [-0.25, -0.2) is 0 Å². The molecule has 0 atom stereocenters. The Morgan fingerprint density at radius 1 is 1.22 bits per heavy atom. The Labute approximate surface area is 190 Å². The number of carbonyl (C=O) groups is 1. The maximum absolute atomic E-state index is 12.8. The highest BCUT2D eigenvalue weighted by atomic mass is 16.5. The number of nitrogens with zero attached hydrogens (tertiary/aromatic N) is 1. The average molecular weight is 433 g/mol. The number of rotatable bonds is 6. The predicted molar refractivity (Wildman–Crippen MR) is 129 cm³/mol. The van der Waals surface area contributed by atoms with Crippen LogP contribution >= 0.6 is 0 Å². The van der Waals surface area contributed by atoms with Gasteiger partial charge in [-0.1, -0.05) is 30.3 Å². The molecular formula is C27H32N2O3. The van der Waals surface area contributed by atoms with Gasteiger partial charge in [0, 0.05) is 48.3 Å². The standard InChI is InChI=1S/C27H32N2O3/c1-18(23-15-24-19(2)17-32-27(24)20(3)26(23)31-4)14-25(30)28-22-10-12-29(13-11-22)16-21-8-6-5-7-9-21/h5-9,14-15,17,22H,10-13,16H2,1-4H3,(H,28,30)/b18-14+. The normalized spacial score (nSPS) is 15.8. The highest BCUT2D eigenvalue weighted by Crippen LogP contribution is 2.37. The number of hydrogen-bond acceptors (Lipinski definition) is 4. The van der Waals surface area contributed by atoms with E-state index < -0.39 is 0 Å². The van der Waals surface area contributed by atoms with Crippen LogP contribution in [0.25, 0.3) is 16.5 Å². The summed E-state index contributed by atoms with van der Waals surface area (Å²) in [6.07, 6.45) is 5.38. The number of amides is 1. The van der Waals surface area contributed by atoms with Gasteiger partial charge in [-0.05, 0) is 56.4 Å². The molecule has 1 N–H and O–H groups in total. The summed E-state index contributed by atoms with van der Waals surface area (Å²) in [5, 5.41) is 4.25.